The standard InChI is InChI=1S/C13H17F3N2O/c1-13(2,3)18-10(19)6-7-17-9-5-4-8(14)11(15)12(9)16/h4-5,17H,6-7H2,1-3H3,(H,18,19). The van der Waals surface area contributed by atoms with Crippen LogP contribution in [0.1, 0.15) is 27.2 Å². The molecular weight excluding hydrogens is 257 g/mol. The predicted molar refractivity (Wildman–Crippen MR) is 67.3 cm³/mol. The van der Waals surface area contributed by atoms with Gasteiger partial charge in [-0.1, -0.05) is 0 Å². The Balaban J connectivity index is 2.50. The summed E-state index contributed by atoms with van der Waals surface area (Å²) in [5, 5.41) is 5.29. The number of anilines is 1. The van der Waals surface area contributed by atoms with Crippen molar-refractivity contribution in [3.63, 3.8) is 0 Å². The zero-order chi connectivity index (χ0) is 14.6. The van der Waals surface area contributed by atoms with E-state index in [9.17, 15) is 18.0 Å². The third kappa shape index (κ3) is 4.81. The molecule has 0 aromatic heterocycles. The van der Waals surface area contributed by atoms with Crippen LogP contribution in [-0.4, -0.2) is 18.0 Å². The van der Waals surface area contributed by atoms with Gasteiger partial charge in [0.1, 0.15) is 0 Å². The van der Waals surface area contributed by atoms with E-state index in [4.69, 9.17) is 0 Å². The minimum atomic E-state index is -1.52. The van der Waals surface area contributed by atoms with Crippen molar-refractivity contribution in [2.45, 2.75) is 32.7 Å². The van der Waals surface area contributed by atoms with Crippen molar-refractivity contribution < 1.29 is 18.0 Å². The number of hydrogen-bond donors (Lipinski definition) is 2. The third-order valence-electron chi connectivity index (χ3n) is 2.22. The van der Waals surface area contributed by atoms with Crippen LogP contribution in [0.4, 0.5) is 18.9 Å². The summed E-state index contributed by atoms with van der Waals surface area (Å²) >= 11 is 0. The van der Waals surface area contributed by atoms with Crippen LogP contribution in [0.15, 0.2) is 12.1 Å². The fourth-order valence-electron chi connectivity index (χ4n) is 1.45. The van der Waals surface area contributed by atoms with E-state index in [2.05, 4.69) is 10.6 Å². The van der Waals surface area contributed by atoms with Gasteiger partial charge in [-0.15, -0.1) is 0 Å². The minimum Gasteiger partial charge on any atom is -0.382 e. The first-order valence-electron chi connectivity index (χ1n) is 5.89. The highest BCUT2D eigenvalue weighted by atomic mass is 19.2. The molecule has 0 saturated heterocycles. The number of nitrogens with one attached hydrogen (secondary N) is 2. The Morgan fingerprint density at radius 2 is 1.79 bits per heavy atom. The number of amides is 1. The summed E-state index contributed by atoms with van der Waals surface area (Å²) in [6, 6.07) is 1.92. The van der Waals surface area contributed by atoms with Gasteiger partial charge in [0, 0.05) is 18.5 Å². The molecule has 3 nitrogen and oxygen atoms in total. The summed E-state index contributed by atoms with van der Waals surface area (Å²) in [4.78, 5) is 11.5. The Bertz CT molecular complexity index is 470. The molecule has 0 fully saturated rings. The molecule has 0 aliphatic heterocycles. The number of halogens is 3. The van der Waals surface area contributed by atoms with E-state index in [0.717, 1.165) is 12.1 Å². The maximum absolute atomic E-state index is 13.3. The van der Waals surface area contributed by atoms with E-state index in [-0.39, 0.29) is 30.1 Å². The molecule has 0 bridgehead atoms. The van der Waals surface area contributed by atoms with Crippen molar-refractivity contribution in [2.75, 3.05) is 11.9 Å². The summed E-state index contributed by atoms with van der Waals surface area (Å²) in [7, 11) is 0. The van der Waals surface area contributed by atoms with Gasteiger partial charge in [0.15, 0.2) is 17.5 Å². The molecule has 1 aromatic rings. The number of hydrogen-bond acceptors (Lipinski definition) is 2. The molecule has 0 aliphatic carbocycles. The van der Waals surface area contributed by atoms with E-state index in [1.807, 2.05) is 20.8 Å². The Morgan fingerprint density at radius 1 is 1.16 bits per heavy atom. The number of carbonyl (C=O) groups excluding carboxylic acids is 1. The molecule has 6 heteroatoms. The molecule has 0 heterocycles. The molecule has 0 atom stereocenters. The quantitative estimate of drug-likeness (QED) is 0.829. The first-order valence-corrected chi connectivity index (χ1v) is 5.89. The zero-order valence-corrected chi connectivity index (χ0v) is 11.1. The van der Waals surface area contributed by atoms with E-state index in [1.54, 1.807) is 0 Å². The Hall–Kier alpha value is -1.72. The maximum atomic E-state index is 13.3. The van der Waals surface area contributed by atoms with Crippen LogP contribution in [0.5, 0.6) is 0 Å². The lowest BCUT2D eigenvalue weighted by molar-refractivity contribution is -0.122. The fraction of sp³-hybridized carbons (Fsp3) is 0.462. The van der Waals surface area contributed by atoms with Crippen LogP contribution in [0.25, 0.3) is 0 Å². The zero-order valence-electron chi connectivity index (χ0n) is 11.1. The number of carbonyl (C=O) groups is 1. The summed E-state index contributed by atoms with van der Waals surface area (Å²) in [5.41, 5.74) is -0.507. The third-order valence-corrected chi connectivity index (χ3v) is 2.22. The van der Waals surface area contributed by atoms with Crippen molar-refractivity contribution in [1.82, 2.24) is 5.32 Å². The van der Waals surface area contributed by atoms with Gasteiger partial charge in [-0.05, 0) is 32.9 Å². The second-order valence-electron chi connectivity index (χ2n) is 5.20. The first kappa shape index (κ1) is 15.3. The molecule has 106 valence electrons. The van der Waals surface area contributed by atoms with Crippen LogP contribution in [0, 0.1) is 17.5 Å². The Kier molecular flexibility index (Phi) is 4.80. The highest BCUT2D eigenvalue weighted by Crippen LogP contribution is 2.19. The van der Waals surface area contributed by atoms with Crippen molar-refractivity contribution in [3.05, 3.63) is 29.6 Å². The summed E-state index contributed by atoms with van der Waals surface area (Å²) in [6.07, 6.45) is 0.107. The summed E-state index contributed by atoms with van der Waals surface area (Å²) < 4.78 is 38.9. The normalized spacial score (nSPS) is 11.3. The molecule has 0 aliphatic rings. The molecule has 1 amide bonds. The average Bonchev–Trinajstić information content (AvgIpc) is 2.27. The molecule has 1 rings (SSSR count). The maximum Gasteiger partial charge on any atom is 0.222 e. The van der Waals surface area contributed by atoms with E-state index >= 15 is 0 Å². The van der Waals surface area contributed by atoms with Gasteiger partial charge in [-0.3, -0.25) is 4.79 Å². The van der Waals surface area contributed by atoms with Gasteiger partial charge in [-0.25, -0.2) is 13.2 Å². The number of benzene rings is 1. The molecule has 19 heavy (non-hydrogen) atoms. The van der Waals surface area contributed by atoms with E-state index in [0.29, 0.717) is 0 Å². The smallest absolute Gasteiger partial charge is 0.222 e. The van der Waals surface area contributed by atoms with Crippen molar-refractivity contribution in [2.24, 2.45) is 0 Å². The molecular formula is C13H17F3N2O. The van der Waals surface area contributed by atoms with Crippen molar-refractivity contribution in [3.8, 4) is 0 Å². The molecule has 2 N–H and O–H groups in total. The van der Waals surface area contributed by atoms with Crippen LogP contribution in [0.2, 0.25) is 0 Å². The molecule has 1 aromatic carbocycles. The van der Waals surface area contributed by atoms with Crippen molar-refractivity contribution >= 4 is 11.6 Å². The van der Waals surface area contributed by atoms with Crippen LogP contribution < -0.4 is 10.6 Å². The predicted octanol–water partition coefficient (Wildman–Crippen LogP) is 2.82. The Labute approximate surface area is 110 Å². The number of rotatable bonds is 4. The lowest BCUT2D eigenvalue weighted by Gasteiger charge is -2.20. The molecule has 0 spiro atoms. The molecule has 0 unspecified atom stereocenters. The van der Waals surface area contributed by atoms with E-state index < -0.39 is 17.5 Å². The minimum absolute atomic E-state index is 0.107. The van der Waals surface area contributed by atoms with Gasteiger partial charge in [-0.2, -0.15) is 0 Å². The monoisotopic (exact) mass is 274 g/mol. The first-order chi connectivity index (χ1) is 8.70. The highest BCUT2D eigenvalue weighted by molar-refractivity contribution is 5.77. The molecule has 0 radical (unpaired) electrons. The lowest BCUT2D eigenvalue weighted by atomic mass is 10.1. The van der Waals surface area contributed by atoms with Crippen molar-refractivity contribution in [1.29, 1.82) is 0 Å². The largest absolute Gasteiger partial charge is 0.382 e. The highest BCUT2D eigenvalue weighted by Gasteiger charge is 2.15. The average molecular weight is 274 g/mol. The van der Waals surface area contributed by atoms with Gasteiger partial charge in [0.25, 0.3) is 0 Å². The second-order valence-corrected chi connectivity index (χ2v) is 5.20. The van der Waals surface area contributed by atoms with Crippen LogP contribution >= 0.6 is 0 Å². The lowest BCUT2D eigenvalue weighted by Crippen LogP contribution is -2.41. The van der Waals surface area contributed by atoms with Crippen LogP contribution in [0.3, 0.4) is 0 Å². The van der Waals surface area contributed by atoms with Gasteiger partial charge >= 0.3 is 0 Å². The Morgan fingerprint density at radius 3 is 2.37 bits per heavy atom. The van der Waals surface area contributed by atoms with Gasteiger partial charge in [0.05, 0.1) is 5.69 Å². The van der Waals surface area contributed by atoms with E-state index in [1.165, 1.54) is 0 Å². The SMILES string of the molecule is CC(C)(C)NC(=O)CCNc1ccc(F)c(F)c1F. The van der Waals surface area contributed by atoms with Gasteiger partial charge < -0.3 is 10.6 Å². The van der Waals surface area contributed by atoms with Crippen LogP contribution in [-0.2, 0) is 4.79 Å². The molecule has 0 saturated carbocycles. The topological polar surface area (TPSA) is 41.1 Å². The van der Waals surface area contributed by atoms with Gasteiger partial charge in [0.2, 0.25) is 5.91 Å². The summed E-state index contributed by atoms with van der Waals surface area (Å²) in [5.74, 6) is -4.25. The summed E-state index contributed by atoms with van der Waals surface area (Å²) in [6.45, 7) is 5.65. The second kappa shape index (κ2) is 5.95. The fourth-order valence-corrected chi connectivity index (χ4v) is 1.45.